The lowest BCUT2D eigenvalue weighted by Crippen LogP contribution is -2.14. The predicted octanol–water partition coefficient (Wildman–Crippen LogP) is 5.15. The van der Waals surface area contributed by atoms with Crippen LogP contribution in [-0.4, -0.2) is 16.9 Å². The van der Waals surface area contributed by atoms with Crippen LogP contribution in [0.5, 0.6) is 0 Å². The molecule has 0 saturated heterocycles. The van der Waals surface area contributed by atoms with Crippen LogP contribution in [0.2, 0.25) is 0 Å². The van der Waals surface area contributed by atoms with Crippen molar-refractivity contribution in [2.45, 2.75) is 20.0 Å². The second-order valence-corrected chi connectivity index (χ2v) is 6.91. The third-order valence-corrected chi connectivity index (χ3v) is 4.56. The van der Waals surface area contributed by atoms with Gasteiger partial charge in [0.05, 0.1) is 12.0 Å². The van der Waals surface area contributed by atoms with Crippen LogP contribution in [0.4, 0.5) is 5.69 Å². The number of amides is 1. The number of nitrogens with zero attached hydrogens (tertiary/aromatic N) is 1. The van der Waals surface area contributed by atoms with Crippen LogP contribution in [0, 0.1) is 0 Å². The van der Waals surface area contributed by atoms with Crippen molar-refractivity contribution in [3.8, 4) is 0 Å². The topological polar surface area (TPSA) is 68.3 Å². The lowest BCUT2D eigenvalue weighted by atomic mass is 10.1. The van der Waals surface area contributed by atoms with Gasteiger partial charge < -0.3 is 10.1 Å². The highest BCUT2D eigenvalue weighted by Gasteiger charge is 2.08. The number of hydrogen-bond acceptors (Lipinski definition) is 4. The molecular formula is C26H24N2O3. The van der Waals surface area contributed by atoms with E-state index in [1.165, 1.54) is 0 Å². The fraction of sp³-hybridized carbons (Fsp3) is 0.115. The maximum atomic E-state index is 12.4. The minimum Gasteiger partial charge on any atom is -0.457 e. The van der Waals surface area contributed by atoms with Gasteiger partial charge in [0.25, 0.3) is 0 Å². The van der Waals surface area contributed by atoms with Crippen molar-refractivity contribution < 1.29 is 14.3 Å². The largest absolute Gasteiger partial charge is 0.457 e. The van der Waals surface area contributed by atoms with Gasteiger partial charge in [-0.2, -0.15) is 0 Å². The van der Waals surface area contributed by atoms with Gasteiger partial charge in [0.15, 0.2) is 0 Å². The van der Waals surface area contributed by atoms with Crippen molar-refractivity contribution in [2.75, 3.05) is 5.32 Å². The van der Waals surface area contributed by atoms with Gasteiger partial charge >= 0.3 is 5.97 Å². The first-order chi connectivity index (χ1) is 15.1. The maximum Gasteiger partial charge on any atom is 0.338 e. The number of pyridine rings is 1. The third-order valence-electron chi connectivity index (χ3n) is 4.56. The number of ether oxygens (including phenoxy) is 1. The fourth-order valence-electron chi connectivity index (χ4n) is 3.04. The Morgan fingerprint density at radius 1 is 1.06 bits per heavy atom. The van der Waals surface area contributed by atoms with Crippen molar-refractivity contribution in [3.05, 3.63) is 109 Å². The van der Waals surface area contributed by atoms with Crippen molar-refractivity contribution >= 4 is 28.3 Å². The molecule has 31 heavy (non-hydrogen) atoms. The summed E-state index contributed by atoms with van der Waals surface area (Å²) in [6, 6.07) is 15.1. The maximum absolute atomic E-state index is 12.4. The normalized spacial score (nSPS) is 11.5. The number of hydrogen-bond donors (Lipinski definition) is 1. The van der Waals surface area contributed by atoms with Crippen LogP contribution >= 0.6 is 0 Å². The van der Waals surface area contributed by atoms with Gasteiger partial charge in [-0.15, -0.1) is 0 Å². The SMILES string of the molecule is C=C/C=C(\C=C/C)C(=O)OCc1ccc(CC(=O)Nc2ccc3cnccc3c2)cc1. The Hall–Kier alpha value is -3.99. The van der Waals surface area contributed by atoms with Crippen LogP contribution in [0.1, 0.15) is 18.1 Å². The summed E-state index contributed by atoms with van der Waals surface area (Å²) >= 11 is 0. The first-order valence-electron chi connectivity index (χ1n) is 9.93. The van der Waals surface area contributed by atoms with Crippen LogP contribution in [0.25, 0.3) is 10.8 Å². The molecule has 2 aromatic carbocycles. The first kappa shape index (κ1) is 21.7. The molecule has 5 nitrogen and oxygen atoms in total. The summed E-state index contributed by atoms with van der Waals surface area (Å²) in [7, 11) is 0. The summed E-state index contributed by atoms with van der Waals surface area (Å²) in [6.45, 7) is 5.59. The molecule has 0 fully saturated rings. The molecule has 0 spiro atoms. The monoisotopic (exact) mass is 412 g/mol. The Bertz CT molecular complexity index is 1140. The van der Waals surface area contributed by atoms with Gasteiger partial charge in [0.1, 0.15) is 6.61 Å². The number of anilines is 1. The predicted molar refractivity (Wildman–Crippen MR) is 123 cm³/mol. The molecule has 1 heterocycles. The van der Waals surface area contributed by atoms with Gasteiger partial charge in [-0.25, -0.2) is 4.79 Å². The average Bonchev–Trinajstić information content (AvgIpc) is 2.78. The quantitative estimate of drug-likeness (QED) is 0.316. The fourth-order valence-corrected chi connectivity index (χ4v) is 3.04. The first-order valence-corrected chi connectivity index (χ1v) is 9.93. The number of aromatic nitrogens is 1. The molecule has 3 rings (SSSR count). The molecule has 0 aliphatic heterocycles. The highest BCUT2D eigenvalue weighted by molar-refractivity contribution is 5.95. The van der Waals surface area contributed by atoms with E-state index in [9.17, 15) is 9.59 Å². The molecule has 0 aliphatic rings. The van der Waals surface area contributed by atoms with E-state index in [2.05, 4.69) is 16.9 Å². The molecule has 1 N–H and O–H groups in total. The molecule has 0 unspecified atom stereocenters. The lowest BCUT2D eigenvalue weighted by molar-refractivity contribution is -0.139. The molecule has 0 saturated carbocycles. The Morgan fingerprint density at radius 2 is 1.84 bits per heavy atom. The second kappa shape index (κ2) is 10.7. The van der Waals surface area contributed by atoms with Crippen LogP contribution < -0.4 is 5.32 Å². The summed E-state index contributed by atoms with van der Waals surface area (Å²) in [5.74, 6) is -0.509. The molecule has 1 aromatic heterocycles. The van der Waals surface area contributed by atoms with E-state index in [-0.39, 0.29) is 18.9 Å². The molecule has 1 amide bonds. The van der Waals surface area contributed by atoms with Crippen molar-refractivity contribution in [1.29, 1.82) is 0 Å². The minimum absolute atomic E-state index is 0.0989. The van der Waals surface area contributed by atoms with E-state index in [0.29, 0.717) is 5.57 Å². The number of rotatable bonds is 8. The molecule has 156 valence electrons. The van der Waals surface area contributed by atoms with Crippen LogP contribution in [0.15, 0.2) is 97.4 Å². The molecule has 0 bridgehead atoms. The molecule has 3 aromatic rings. The summed E-state index contributed by atoms with van der Waals surface area (Å²) in [6.07, 6.45) is 10.4. The summed E-state index contributed by atoms with van der Waals surface area (Å²) in [5.41, 5.74) is 2.91. The van der Waals surface area contributed by atoms with E-state index in [1.54, 1.807) is 36.7 Å². The van der Waals surface area contributed by atoms with Crippen molar-refractivity contribution in [1.82, 2.24) is 4.98 Å². The standard InChI is InChI=1S/C26H24N2O3/c1-3-5-21(6-4-2)26(30)31-18-20-9-7-19(8-10-20)15-25(29)28-24-12-11-23-17-27-14-13-22(23)16-24/h3-14,16-17H,1,15,18H2,2H3,(H,28,29)/b6-4-,21-5+. The number of nitrogens with one attached hydrogen (secondary N) is 1. The third kappa shape index (κ3) is 6.24. The van der Waals surface area contributed by atoms with Crippen LogP contribution in [0.3, 0.4) is 0 Å². The Labute approximate surface area is 181 Å². The minimum atomic E-state index is -0.410. The van der Waals surface area contributed by atoms with E-state index in [4.69, 9.17) is 4.74 Å². The zero-order chi connectivity index (χ0) is 22.1. The average molecular weight is 412 g/mol. The highest BCUT2D eigenvalue weighted by Crippen LogP contribution is 2.18. The van der Waals surface area contributed by atoms with E-state index in [0.717, 1.165) is 27.6 Å². The Balaban J connectivity index is 1.54. The smallest absolute Gasteiger partial charge is 0.338 e. The number of esters is 1. The zero-order valence-corrected chi connectivity index (χ0v) is 17.4. The molecule has 0 aliphatic carbocycles. The van der Waals surface area contributed by atoms with E-state index < -0.39 is 5.97 Å². The van der Waals surface area contributed by atoms with Crippen molar-refractivity contribution in [3.63, 3.8) is 0 Å². The van der Waals surface area contributed by atoms with Gasteiger partial charge in [0, 0.05) is 23.5 Å². The van der Waals surface area contributed by atoms with Gasteiger partial charge in [-0.1, -0.05) is 55.1 Å². The number of carbonyl (C=O) groups excluding carboxylic acids is 2. The Kier molecular flexibility index (Phi) is 7.49. The molecule has 0 atom stereocenters. The summed E-state index contributed by atoms with van der Waals surface area (Å²) < 4.78 is 5.34. The Morgan fingerprint density at radius 3 is 2.58 bits per heavy atom. The number of allylic oxidation sites excluding steroid dienone is 3. The number of fused-ring (bicyclic) bond motifs is 1. The van der Waals surface area contributed by atoms with Gasteiger partial charge in [-0.05, 0) is 47.7 Å². The van der Waals surface area contributed by atoms with E-state index in [1.807, 2.05) is 55.5 Å². The molecule has 0 radical (unpaired) electrons. The summed E-state index contributed by atoms with van der Waals surface area (Å²) in [4.78, 5) is 28.6. The molecular weight excluding hydrogens is 388 g/mol. The second-order valence-electron chi connectivity index (χ2n) is 6.91. The summed E-state index contributed by atoms with van der Waals surface area (Å²) in [5, 5.41) is 4.97. The number of benzene rings is 2. The van der Waals surface area contributed by atoms with Crippen molar-refractivity contribution in [2.24, 2.45) is 0 Å². The lowest BCUT2D eigenvalue weighted by Gasteiger charge is -2.08. The van der Waals surface area contributed by atoms with E-state index >= 15 is 0 Å². The molecule has 5 heteroatoms. The number of carbonyl (C=O) groups is 2. The van der Waals surface area contributed by atoms with Crippen LogP contribution in [-0.2, 0) is 27.4 Å². The highest BCUT2D eigenvalue weighted by atomic mass is 16.5. The zero-order valence-electron chi connectivity index (χ0n) is 17.4. The van der Waals surface area contributed by atoms with Gasteiger partial charge in [0.2, 0.25) is 5.91 Å². The van der Waals surface area contributed by atoms with Gasteiger partial charge in [-0.3, -0.25) is 9.78 Å².